The molecule has 158 valence electrons. The Hall–Kier alpha value is -1.60. The second kappa shape index (κ2) is 11.6. The van der Waals surface area contributed by atoms with Crippen LogP contribution in [0.3, 0.4) is 0 Å². The molecular weight excluding hydrogens is 432 g/mol. The molecule has 1 fully saturated rings. The van der Waals surface area contributed by atoms with E-state index in [-0.39, 0.29) is 0 Å². The highest BCUT2D eigenvalue weighted by Crippen LogP contribution is 2.37. The van der Waals surface area contributed by atoms with Crippen LogP contribution in [0.1, 0.15) is 23.6 Å². The molecule has 0 amide bonds. The van der Waals surface area contributed by atoms with Gasteiger partial charge in [-0.05, 0) is 53.0 Å². The number of nitrogens with zero attached hydrogens (tertiary/aromatic N) is 1. The fourth-order valence-corrected chi connectivity index (χ4v) is 3.98. The minimum atomic E-state index is 0.511. The largest absolute Gasteiger partial charge is 0.490 e. The molecule has 1 N–H and O–H groups in total. The lowest BCUT2D eigenvalue weighted by atomic mass is 10.1. The normalized spacial score (nSPS) is 14.7. The summed E-state index contributed by atoms with van der Waals surface area (Å²) in [4.78, 5) is 2.43. The molecule has 0 aromatic heterocycles. The minimum absolute atomic E-state index is 0.511. The van der Waals surface area contributed by atoms with Gasteiger partial charge in [0, 0.05) is 32.7 Å². The first-order valence-electron chi connectivity index (χ1n) is 10.3. The molecule has 0 saturated carbocycles. The molecule has 5 nitrogen and oxygen atoms in total. The van der Waals surface area contributed by atoms with Crippen molar-refractivity contribution in [3.05, 3.63) is 57.6 Å². The van der Waals surface area contributed by atoms with Gasteiger partial charge >= 0.3 is 0 Å². The molecule has 1 heterocycles. The van der Waals surface area contributed by atoms with E-state index in [9.17, 15) is 0 Å². The highest BCUT2D eigenvalue weighted by atomic mass is 79.9. The van der Waals surface area contributed by atoms with Crippen LogP contribution in [-0.4, -0.2) is 50.9 Å². The zero-order valence-corrected chi connectivity index (χ0v) is 19.0. The first-order chi connectivity index (χ1) is 14.2. The second-order valence-corrected chi connectivity index (χ2v) is 8.10. The molecule has 2 aromatic rings. The van der Waals surface area contributed by atoms with Crippen molar-refractivity contribution in [2.45, 2.75) is 27.0 Å². The zero-order chi connectivity index (χ0) is 20.5. The average molecular weight is 463 g/mol. The molecule has 0 aliphatic carbocycles. The predicted molar refractivity (Wildman–Crippen MR) is 120 cm³/mol. The summed E-state index contributed by atoms with van der Waals surface area (Å²) in [6.07, 6.45) is 0. The molecule has 1 saturated heterocycles. The molecule has 0 bridgehead atoms. The van der Waals surface area contributed by atoms with E-state index in [0.29, 0.717) is 13.2 Å². The predicted octanol–water partition coefficient (Wildman–Crippen LogP) is 4.16. The number of aryl methyl sites for hydroxylation is 1. The molecule has 1 aliphatic rings. The van der Waals surface area contributed by atoms with Crippen LogP contribution in [0, 0.1) is 6.92 Å². The van der Waals surface area contributed by atoms with Crippen molar-refractivity contribution in [3.63, 3.8) is 0 Å². The first kappa shape index (κ1) is 22.1. The first-order valence-corrected chi connectivity index (χ1v) is 11.1. The van der Waals surface area contributed by atoms with Crippen LogP contribution in [0.15, 0.2) is 40.9 Å². The lowest BCUT2D eigenvalue weighted by Gasteiger charge is -2.26. The maximum absolute atomic E-state index is 6.11. The lowest BCUT2D eigenvalue weighted by molar-refractivity contribution is 0.0384. The van der Waals surface area contributed by atoms with Crippen molar-refractivity contribution in [1.82, 2.24) is 10.2 Å². The third-order valence-electron chi connectivity index (χ3n) is 4.87. The van der Waals surface area contributed by atoms with E-state index in [0.717, 1.165) is 67.5 Å². The monoisotopic (exact) mass is 462 g/mol. The zero-order valence-electron chi connectivity index (χ0n) is 17.4. The van der Waals surface area contributed by atoms with Gasteiger partial charge in [-0.3, -0.25) is 4.90 Å². The van der Waals surface area contributed by atoms with Crippen LogP contribution in [0.2, 0.25) is 0 Å². The van der Waals surface area contributed by atoms with Crippen LogP contribution in [0.5, 0.6) is 11.5 Å². The van der Waals surface area contributed by atoms with Crippen molar-refractivity contribution >= 4 is 15.9 Å². The van der Waals surface area contributed by atoms with Crippen molar-refractivity contribution in [2.24, 2.45) is 0 Å². The van der Waals surface area contributed by atoms with Gasteiger partial charge in [-0.25, -0.2) is 0 Å². The number of benzene rings is 2. The Morgan fingerprint density at radius 3 is 2.69 bits per heavy atom. The summed E-state index contributed by atoms with van der Waals surface area (Å²) in [6.45, 7) is 11.7. The SMILES string of the molecule is CCOc1cc(CNCCN2CCOCC2)cc(Br)c1OCc1cccc(C)c1. The van der Waals surface area contributed by atoms with Gasteiger partial charge in [-0.1, -0.05) is 29.8 Å². The van der Waals surface area contributed by atoms with Gasteiger partial charge in [0.1, 0.15) is 6.61 Å². The van der Waals surface area contributed by atoms with E-state index in [1.807, 2.05) is 6.92 Å². The molecule has 0 unspecified atom stereocenters. The van der Waals surface area contributed by atoms with Crippen molar-refractivity contribution in [2.75, 3.05) is 46.0 Å². The number of nitrogens with one attached hydrogen (secondary N) is 1. The Morgan fingerprint density at radius 1 is 1.10 bits per heavy atom. The van der Waals surface area contributed by atoms with E-state index >= 15 is 0 Å². The fraction of sp³-hybridized carbons (Fsp3) is 0.478. The molecule has 2 aromatic carbocycles. The average Bonchev–Trinajstić information content (AvgIpc) is 2.72. The highest BCUT2D eigenvalue weighted by Gasteiger charge is 2.13. The Kier molecular flexibility index (Phi) is 8.80. The van der Waals surface area contributed by atoms with E-state index < -0.39 is 0 Å². The topological polar surface area (TPSA) is 43.0 Å². The summed E-state index contributed by atoms with van der Waals surface area (Å²) in [5.41, 5.74) is 3.55. The molecular formula is C23H31BrN2O3. The van der Waals surface area contributed by atoms with Crippen LogP contribution in [-0.2, 0) is 17.9 Å². The van der Waals surface area contributed by atoms with Gasteiger partial charge in [0.05, 0.1) is 24.3 Å². The van der Waals surface area contributed by atoms with Gasteiger partial charge < -0.3 is 19.5 Å². The smallest absolute Gasteiger partial charge is 0.175 e. The summed E-state index contributed by atoms with van der Waals surface area (Å²) in [6, 6.07) is 12.5. The molecule has 0 spiro atoms. The van der Waals surface area contributed by atoms with Crippen LogP contribution < -0.4 is 14.8 Å². The van der Waals surface area contributed by atoms with Crippen molar-refractivity contribution in [1.29, 1.82) is 0 Å². The number of ether oxygens (including phenoxy) is 3. The van der Waals surface area contributed by atoms with E-state index in [4.69, 9.17) is 14.2 Å². The molecule has 6 heteroatoms. The summed E-state index contributed by atoms with van der Waals surface area (Å²) in [7, 11) is 0. The third-order valence-corrected chi connectivity index (χ3v) is 5.46. The number of morpholine rings is 1. The Morgan fingerprint density at radius 2 is 1.93 bits per heavy atom. The van der Waals surface area contributed by atoms with E-state index in [2.05, 4.69) is 69.5 Å². The minimum Gasteiger partial charge on any atom is -0.490 e. The molecule has 0 radical (unpaired) electrons. The molecule has 29 heavy (non-hydrogen) atoms. The Labute approximate surface area is 182 Å². The number of hydrogen-bond donors (Lipinski definition) is 1. The Bertz CT molecular complexity index is 779. The molecule has 1 aliphatic heterocycles. The van der Waals surface area contributed by atoms with E-state index in [1.54, 1.807) is 0 Å². The van der Waals surface area contributed by atoms with Crippen LogP contribution >= 0.6 is 15.9 Å². The summed E-state index contributed by atoms with van der Waals surface area (Å²) in [5.74, 6) is 1.53. The lowest BCUT2D eigenvalue weighted by Crippen LogP contribution is -2.40. The van der Waals surface area contributed by atoms with Gasteiger partial charge in [0.2, 0.25) is 0 Å². The molecule has 0 atom stereocenters. The summed E-state index contributed by atoms with van der Waals surface area (Å²) >= 11 is 3.67. The summed E-state index contributed by atoms with van der Waals surface area (Å²) in [5, 5.41) is 3.53. The standard InChI is InChI=1S/C23H31BrN2O3/c1-3-28-22-15-20(16-25-7-8-26-9-11-27-12-10-26)14-21(24)23(22)29-17-19-6-4-5-18(2)13-19/h4-6,13-15,25H,3,7-12,16-17H2,1-2H3. The van der Waals surface area contributed by atoms with Gasteiger partial charge in [-0.2, -0.15) is 0 Å². The van der Waals surface area contributed by atoms with Gasteiger partial charge in [0.25, 0.3) is 0 Å². The van der Waals surface area contributed by atoms with Crippen molar-refractivity contribution < 1.29 is 14.2 Å². The van der Waals surface area contributed by atoms with Crippen molar-refractivity contribution in [3.8, 4) is 11.5 Å². The van der Waals surface area contributed by atoms with Gasteiger partial charge in [-0.15, -0.1) is 0 Å². The third kappa shape index (κ3) is 7.00. The number of hydrogen-bond acceptors (Lipinski definition) is 5. The maximum atomic E-state index is 6.11. The highest BCUT2D eigenvalue weighted by molar-refractivity contribution is 9.10. The van der Waals surface area contributed by atoms with E-state index in [1.165, 1.54) is 11.1 Å². The van der Waals surface area contributed by atoms with Crippen LogP contribution in [0.25, 0.3) is 0 Å². The Balaban J connectivity index is 1.57. The number of halogens is 1. The second-order valence-electron chi connectivity index (χ2n) is 7.25. The molecule has 3 rings (SSSR count). The summed E-state index contributed by atoms with van der Waals surface area (Å²) < 4.78 is 18.3. The van der Waals surface area contributed by atoms with Crippen LogP contribution in [0.4, 0.5) is 0 Å². The number of rotatable bonds is 10. The van der Waals surface area contributed by atoms with Gasteiger partial charge in [0.15, 0.2) is 11.5 Å². The maximum Gasteiger partial charge on any atom is 0.175 e. The fourth-order valence-electron chi connectivity index (χ4n) is 3.38. The quantitative estimate of drug-likeness (QED) is 0.537.